The predicted octanol–water partition coefficient (Wildman–Crippen LogP) is 2.44. The van der Waals surface area contributed by atoms with E-state index in [0.29, 0.717) is 22.9 Å². The Kier molecular flexibility index (Phi) is 6.90. The summed E-state index contributed by atoms with van der Waals surface area (Å²) >= 11 is 0. The van der Waals surface area contributed by atoms with Gasteiger partial charge < -0.3 is 19.5 Å². The molecule has 1 N–H and O–H groups in total. The van der Waals surface area contributed by atoms with E-state index in [4.69, 9.17) is 14.2 Å². The lowest BCUT2D eigenvalue weighted by Gasteiger charge is -2.19. The molecule has 1 aromatic heterocycles. The molecule has 0 fully saturated rings. The van der Waals surface area contributed by atoms with E-state index in [1.165, 1.54) is 7.11 Å². The fourth-order valence-electron chi connectivity index (χ4n) is 2.31. The number of hydrogen-bond donors (Lipinski definition) is 1. The molecular formula is C18H21N3O5. The molecule has 26 heavy (non-hydrogen) atoms. The van der Waals surface area contributed by atoms with Gasteiger partial charge >= 0.3 is 11.9 Å². The fourth-order valence-corrected chi connectivity index (χ4v) is 2.31. The minimum absolute atomic E-state index is 0.148. The van der Waals surface area contributed by atoms with Gasteiger partial charge in [-0.2, -0.15) is 0 Å². The number of nitrogens with zero attached hydrogens (tertiary/aromatic N) is 2. The van der Waals surface area contributed by atoms with Crippen LogP contribution in [0, 0.1) is 0 Å². The highest BCUT2D eigenvalue weighted by Gasteiger charge is 2.33. The van der Waals surface area contributed by atoms with Crippen LogP contribution < -0.4 is 10.1 Å². The van der Waals surface area contributed by atoms with Crippen LogP contribution in [0.2, 0.25) is 0 Å². The zero-order valence-corrected chi connectivity index (χ0v) is 14.9. The molecule has 0 atom stereocenters. The number of anilines is 2. The number of methoxy groups -OCH3 is 1. The Labute approximate surface area is 151 Å². The molecule has 0 aliphatic heterocycles. The van der Waals surface area contributed by atoms with Crippen LogP contribution in [-0.4, -0.2) is 42.2 Å². The summed E-state index contributed by atoms with van der Waals surface area (Å²) in [5, 5.41) is 3.00. The largest absolute Gasteiger partial charge is 0.497 e. The zero-order valence-electron chi connectivity index (χ0n) is 14.9. The van der Waals surface area contributed by atoms with Crippen LogP contribution in [0.5, 0.6) is 5.75 Å². The van der Waals surface area contributed by atoms with E-state index in [2.05, 4.69) is 15.3 Å². The molecule has 0 saturated heterocycles. The van der Waals surface area contributed by atoms with Gasteiger partial charge in [0.25, 0.3) is 0 Å². The zero-order chi connectivity index (χ0) is 18.9. The van der Waals surface area contributed by atoms with Crippen molar-refractivity contribution in [2.24, 2.45) is 0 Å². The van der Waals surface area contributed by atoms with Crippen molar-refractivity contribution in [1.82, 2.24) is 9.97 Å². The lowest BCUT2D eigenvalue weighted by molar-refractivity contribution is -0.156. The van der Waals surface area contributed by atoms with Crippen molar-refractivity contribution in [3.63, 3.8) is 0 Å². The summed E-state index contributed by atoms with van der Waals surface area (Å²) in [6.45, 7) is 3.64. The monoisotopic (exact) mass is 359 g/mol. The first-order chi connectivity index (χ1) is 12.6. The molecule has 0 radical (unpaired) electrons. The van der Waals surface area contributed by atoms with Gasteiger partial charge in [0.15, 0.2) is 5.92 Å². The summed E-state index contributed by atoms with van der Waals surface area (Å²) in [5.41, 5.74) is 0.830. The Morgan fingerprint density at radius 1 is 1.08 bits per heavy atom. The van der Waals surface area contributed by atoms with Crippen molar-refractivity contribution in [3.8, 4) is 5.75 Å². The molecule has 8 nitrogen and oxygen atoms in total. The van der Waals surface area contributed by atoms with Gasteiger partial charge in [-0.25, -0.2) is 9.97 Å². The number of benzene rings is 1. The first-order valence-electron chi connectivity index (χ1n) is 8.15. The second-order valence-electron chi connectivity index (χ2n) is 5.09. The quantitative estimate of drug-likeness (QED) is 0.567. The SMILES string of the molecule is CCOC(=O)C(C(=O)OCC)c1ccc(OC)cc1Nc1ncccn1. The summed E-state index contributed by atoms with van der Waals surface area (Å²) < 4.78 is 15.3. The first-order valence-corrected chi connectivity index (χ1v) is 8.15. The van der Waals surface area contributed by atoms with E-state index >= 15 is 0 Å². The summed E-state index contributed by atoms with van der Waals surface area (Å²) in [6.07, 6.45) is 3.15. The Balaban J connectivity index is 2.48. The van der Waals surface area contributed by atoms with Crippen molar-refractivity contribution >= 4 is 23.6 Å². The molecule has 0 bridgehead atoms. The topological polar surface area (TPSA) is 99.6 Å². The highest BCUT2D eigenvalue weighted by atomic mass is 16.6. The van der Waals surface area contributed by atoms with Crippen LogP contribution in [0.25, 0.3) is 0 Å². The molecule has 1 aromatic carbocycles. The second kappa shape index (κ2) is 9.36. The minimum Gasteiger partial charge on any atom is -0.497 e. The number of ether oxygens (including phenoxy) is 3. The van der Waals surface area contributed by atoms with Crippen LogP contribution in [-0.2, 0) is 19.1 Å². The van der Waals surface area contributed by atoms with Gasteiger partial charge in [0.05, 0.1) is 20.3 Å². The molecule has 0 spiro atoms. The molecule has 8 heteroatoms. The first kappa shape index (κ1) is 19.2. The van der Waals surface area contributed by atoms with Crippen molar-refractivity contribution in [2.75, 3.05) is 25.6 Å². The van der Waals surface area contributed by atoms with E-state index in [1.807, 2.05) is 0 Å². The van der Waals surface area contributed by atoms with E-state index in [-0.39, 0.29) is 13.2 Å². The lowest BCUT2D eigenvalue weighted by atomic mass is 9.97. The van der Waals surface area contributed by atoms with Gasteiger partial charge in [-0.15, -0.1) is 0 Å². The van der Waals surface area contributed by atoms with Crippen LogP contribution in [0.3, 0.4) is 0 Å². The Morgan fingerprint density at radius 3 is 2.23 bits per heavy atom. The molecule has 138 valence electrons. The number of carbonyl (C=O) groups excluding carboxylic acids is 2. The van der Waals surface area contributed by atoms with Crippen LogP contribution >= 0.6 is 0 Å². The van der Waals surface area contributed by atoms with Gasteiger partial charge in [-0.1, -0.05) is 6.07 Å². The number of carbonyl (C=O) groups is 2. The van der Waals surface area contributed by atoms with Crippen molar-refractivity contribution in [3.05, 3.63) is 42.2 Å². The third kappa shape index (κ3) is 4.69. The molecule has 0 aliphatic carbocycles. The second-order valence-corrected chi connectivity index (χ2v) is 5.09. The summed E-state index contributed by atoms with van der Waals surface area (Å²) in [4.78, 5) is 33.0. The van der Waals surface area contributed by atoms with E-state index in [9.17, 15) is 9.59 Å². The summed E-state index contributed by atoms with van der Waals surface area (Å²) in [5.74, 6) is -1.75. The molecule has 2 aromatic rings. The standard InChI is InChI=1S/C18H21N3O5/c1-4-25-16(22)15(17(23)26-5-2)13-8-7-12(24-3)11-14(13)21-18-19-9-6-10-20-18/h6-11,15H,4-5H2,1-3H3,(H,19,20,21). The minimum atomic E-state index is -1.23. The number of nitrogens with one attached hydrogen (secondary N) is 1. The van der Waals surface area contributed by atoms with Crippen LogP contribution in [0.4, 0.5) is 11.6 Å². The highest BCUT2D eigenvalue weighted by molar-refractivity contribution is 6.02. The maximum Gasteiger partial charge on any atom is 0.324 e. The number of esters is 2. The third-order valence-corrected chi connectivity index (χ3v) is 3.43. The van der Waals surface area contributed by atoms with Crippen molar-refractivity contribution in [1.29, 1.82) is 0 Å². The van der Waals surface area contributed by atoms with Gasteiger partial charge in [0.2, 0.25) is 5.95 Å². The average molecular weight is 359 g/mol. The van der Waals surface area contributed by atoms with E-state index in [1.54, 1.807) is 50.5 Å². The summed E-state index contributed by atoms with van der Waals surface area (Å²) in [6, 6.07) is 6.59. The number of hydrogen-bond acceptors (Lipinski definition) is 8. The normalized spacial score (nSPS) is 10.3. The molecule has 0 amide bonds. The van der Waals surface area contributed by atoms with Gasteiger partial charge in [-0.3, -0.25) is 9.59 Å². The number of rotatable bonds is 8. The van der Waals surface area contributed by atoms with Crippen LogP contribution in [0.15, 0.2) is 36.7 Å². The Bertz CT molecular complexity index is 734. The molecule has 0 aliphatic rings. The Morgan fingerprint density at radius 2 is 1.69 bits per heavy atom. The van der Waals surface area contributed by atoms with E-state index in [0.717, 1.165) is 0 Å². The highest BCUT2D eigenvalue weighted by Crippen LogP contribution is 2.32. The maximum atomic E-state index is 12.4. The lowest BCUT2D eigenvalue weighted by Crippen LogP contribution is -2.27. The molecule has 2 rings (SSSR count). The Hall–Kier alpha value is -3.16. The number of aromatic nitrogens is 2. The van der Waals surface area contributed by atoms with Gasteiger partial charge in [-0.05, 0) is 26.0 Å². The fraction of sp³-hybridized carbons (Fsp3) is 0.333. The summed E-state index contributed by atoms with van der Waals surface area (Å²) in [7, 11) is 1.52. The van der Waals surface area contributed by atoms with Gasteiger partial charge in [0.1, 0.15) is 5.75 Å². The third-order valence-electron chi connectivity index (χ3n) is 3.43. The van der Waals surface area contributed by atoms with Gasteiger partial charge in [0, 0.05) is 29.7 Å². The molecule has 1 heterocycles. The van der Waals surface area contributed by atoms with Crippen molar-refractivity contribution in [2.45, 2.75) is 19.8 Å². The molecule has 0 unspecified atom stereocenters. The van der Waals surface area contributed by atoms with E-state index < -0.39 is 17.9 Å². The molecular weight excluding hydrogens is 338 g/mol. The molecule has 0 saturated carbocycles. The maximum absolute atomic E-state index is 12.4. The van der Waals surface area contributed by atoms with Crippen LogP contribution in [0.1, 0.15) is 25.3 Å². The smallest absolute Gasteiger partial charge is 0.324 e. The van der Waals surface area contributed by atoms with Crippen molar-refractivity contribution < 1.29 is 23.8 Å². The average Bonchev–Trinajstić information content (AvgIpc) is 2.64. The predicted molar refractivity (Wildman–Crippen MR) is 94.3 cm³/mol.